The smallest absolute Gasteiger partial charge is 0.232 e. The average molecular weight is 271 g/mol. The molecular formula is C13H25N3OS. The number of carbonyl (C=O) groups excluding carboxylic acids is 1. The standard InChI is InChI=1S/C13H25N3OS/c1-4-7-16-8-5-10(6-9-16)15-12(17)13(2,3)11(14)18/h10H,4-9H2,1-3H3,(H2,14,18)(H,15,17). The first-order chi connectivity index (χ1) is 8.37. The van der Waals surface area contributed by atoms with E-state index in [1.165, 1.54) is 6.42 Å². The number of nitrogens with two attached hydrogens (primary N) is 1. The molecule has 0 aromatic carbocycles. The lowest BCUT2D eigenvalue weighted by Gasteiger charge is -2.34. The second kappa shape index (κ2) is 6.48. The van der Waals surface area contributed by atoms with Gasteiger partial charge in [0.1, 0.15) is 0 Å². The Bertz CT molecular complexity index is 309. The number of rotatable bonds is 5. The van der Waals surface area contributed by atoms with E-state index in [-0.39, 0.29) is 16.9 Å². The lowest BCUT2D eigenvalue weighted by atomic mass is 9.91. The summed E-state index contributed by atoms with van der Waals surface area (Å²) in [6, 6.07) is 0.263. The monoisotopic (exact) mass is 271 g/mol. The summed E-state index contributed by atoms with van der Waals surface area (Å²) in [7, 11) is 0. The van der Waals surface area contributed by atoms with E-state index >= 15 is 0 Å². The van der Waals surface area contributed by atoms with E-state index < -0.39 is 5.41 Å². The van der Waals surface area contributed by atoms with E-state index in [0.29, 0.717) is 0 Å². The van der Waals surface area contributed by atoms with Gasteiger partial charge in [-0.05, 0) is 39.7 Å². The molecule has 0 spiro atoms. The minimum absolute atomic E-state index is 0.0519. The number of amides is 1. The molecule has 18 heavy (non-hydrogen) atoms. The summed E-state index contributed by atoms with van der Waals surface area (Å²) in [5.41, 5.74) is 4.85. The molecule has 5 heteroatoms. The van der Waals surface area contributed by atoms with Crippen LogP contribution in [-0.2, 0) is 4.79 Å². The summed E-state index contributed by atoms with van der Waals surface area (Å²) >= 11 is 4.94. The number of nitrogens with one attached hydrogen (secondary N) is 1. The molecule has 104 valence electrons. The van der Waals surface area contributed by atoms with Crippen molar-refractivity contribution in [1.82, 2.24) is 10.2 Å². The van der Waals surface area contributed by atoms with Crippen molar-refractivity contribution in [2.24, 2.45) is 11.1 Å². The van der Waals surface area contributed by atoms with Gasteiger partial charge >= 0.3 is 0 Å². The van der Waals surface area contributed by atoms with Gasteiger partial charge in [0.15, 0.2) is 0 Å². The number of carbonyl (C=O) groups is 1. The first-order valence-electron chi connectivity index (χ1n) is 6.71. The Hall–Kier alpha value is -0.680. The summed E-state index contributed by atoms with van der Waals surface area (Å²) in [5, 5.41) is 3.07. The van der Waals surface area contributed by atoms with Crippen LogP contribution in [-0.4, -0.2) is 41.5 Å². The third-order valence-electron chi connectivity index (χ3n) is 3.65. The molecule has 1 saturated heterocycles. The van der Waals surface area contributed by atoms with E-state index in [9.17, 15) is 4.79 Å². The van der Waals surface area contributed by atoms with Gasteiger partial charge in [-0.1, -0.05) is 19.1 Å². The van der Waals surface area contributed by atoms with Crippen LogP contribution < -0.4 is 11.1 Å². The van der Waals surface area contributed by atoms with E-state index in [1.54, 1.807) is 13.8 Å². The largest absolute Gasteiger partial charge is 0.392 e. The summed E-state index contributed by atoms with van der Waals surface area (Å²) in [4.78, 5) is 14.8. The van der Waals surface area contributed by atoms with Gasteiger partial charge in [-0.3, -0.25) is 4.79 Å². The van der Waals surface area contributed by atoms with Crippen LogP contribution in [0.1, 0.15) is 40.0 Å². The molecule has 0 atom stereocenters. The van der Waals surface area contributed by atoms with Crippen LogP contribution in [0.4, 0.5) is 0 Å². The van der Waals surface area contributed by atoms with Gasteiger partial charge in [0.2, 0.25) is 5.91 Å². The second-order valence-electron chi connectivity index (χ2n) is 5.58. The summed E-state index contributed by atoms with van der Waals surface area (Å²) in [6.45, 7) is 9.02. The Morgan fingerprint density at radius 3 is 2.44 bits per heavy atom. The number of piperidine rings is 1. The van der Waals surface area contributed by atoms with Gasteiger partial charge in [-0.15, -0.1) is 0 Å². The van der Waals surface area contributed by atoms with Crippen LogP contribution >= 0.6 is 12.2 Å². The Morgan fingerprint density at radius 2 is 2.00 bits per heavy atom. The molecule has 0 unspecified atom stereocenters. The predicted molar refractivity (Wildman–Crippen MR) is 78.5 cm³/mol. The molecule has 1 amide bonds. The highest BCUT2D eigenvalue weighted by atomic mass is 32.1. The highest BCUT2D eigenvalue weighted by Crippen LogP contribution is 2.18. The first kappa shape index (κ1) is 15.4. The Labute approximate surface area is 115 Å². The summed E-state index contributed by atoms with van der Waals surface area (Å²) < 4.78 is 0. The first-order valence-corrected chi connectivity index (χ1v) is 7.12. The number of nitrogens with zero attached hydrogens (tertiary/aromatic N) is 1. The zero-order valence-electron chi connectivity index (χ0n) is 11.7. The molecule has 4 nitrogen and oxygen atoms in total. The van der Waals surface area contributed by atoms with Crippen LogP contribution in [0.3, 0.4) is 0 Å². The van der Waals surface area contributed by atoms with E-state index in [2.05, 4.69) is 17.1 Å². The minimum Gasteiger partial charge on any atom is -0.392 e. The normalized spacial score (nSPS) is 18.6. The zero-order valence-corrected chi connectivity index (χ0v) is 12.5. The Morgan fingerprint density at radius 1 is 1.44 bits per heavy atom. The molecule has 1 rings (SSSR count). The molecule has 0 aliphatic carbocycles. The van der Waals surface area contributed by atoms with Crippen molar-refractivity contribution in [1.29, 1.82) is 0 Å². The molecule has 0 aromatic heterocycles. The predicted octanol–water partition coefficient (Wildman–Crippen LogP) is 1.29. The highest BCUT2D eigenvalue weighted by molar-refractivity contribution is 7.80. The summed E-state index contributed by atoms with van der Waals surface area (Å²) in [5.74, 6) is -0.0519. The minimum atomic E-state index is -0.754. The molecule has 0 aromatic rings. The number of hydrogen-bond acceptors (Lipinski definition) is 3. The summed E-state index contributed by atoms with van der Waals surface area (Å²) in [6.07, 6.45) is 3.21. The van der Waals surface area contributed by atoms with Crippen LogP contribution in [0.25, 0.3) is 0 Å². The van der Waals surface area contributed by atoms with Gasteiger partial charge in [0.05, 0.1) is 10.4 Å². The fourth-order valence-corrected chi connectivity index (χ4v) is 2.19. The maximum Gasteiger partial charge on any atom is 0.232 e. The quantitative estimate of drug-likeness (QED) is 0.740. The Balaban J connectivity index is 2.41. The van der Waals surface area contributed by atoms with Crippen molar-refractivity contribution >= 4 is 23.1 Å². The van der Waals surface area contributed by atoms with Crippen molar-refractivity contribution in [2.75, 3.05) is 19.6 Å². The van der Waals surface area contributed by atoms with Crippen molar-refractivity contribution in [2.45, 2.75) is 46.1 Å². The van der Waals surface area contributed by atoms with E-state index in [1.807, 2.05) is 0 Å². The fourth-order valence-electron chi connectivity index (χ4n) is 2.09. The van der Waals surface area contributed by atoms with Gasteiger partial charge in [0.25, 0.3) is 0 Å². The molecule has 0 saturated carbocycles. The maximum absolute atomic E-state index is 12.1. The van der Waals surface area contributed by atoms with Crippen LogP contribution in [0.2, 0.25) is 0 Å². The van der Waals surface area contributed by atoms with Crippen molar-refractivity contribution in [3.05, 3.63) is 0 Å². The molecule has 1 aliphatic heterocycles. The lowest BCUT2D eigenvalue weighted by Crippen LogP contribution is -2.51. The van der Waals surface area contributed by atoms with Gasteiger partial charge in [-0.2, -0.15) is 0 Å². The molecular weight excluding hydrogens is 246 g/mol. The topological polar surface area (TPSA) is 58.4 Å². The molecule has 1 aliphatic rings. The third kappa shape index (κ3) is 3.92. The fraction of sp³-hybridized carbons (Fsp3) is 0.846. The molecule has 1 fully saturated rings. The molecule has 0 bridgehead atoms. The maximum atomic E-state index is 12.1. The van der Waals surface area contributed by atoms with Crippen molar-refractivity contribution in [3.63, 3.8) is 0 Å². The average Bonchev–Trinajstić information content (AvgIpc) is 2.31. The molecule has 3 N–H and O–H groups in total. The third-order valence-corrected chi connectivity index (χ3v) is 4.16. The highest BCUT2D eigenvalue weighted by Gasteiger charge is 2.32. The van der Waals surface area contributed by atoms with Gasteiger partial charge in [0, 0.05) is 19.1 Å². The second-order valence-corrected chi connectivity index (χ2v) is 6.02. The van der Waals surface area contributed by atoms with Gasteiger partial charge < -0.3 is 16.0 Å². The lowest BCUT2D eigenvalue weighted by molar-refractivity contribution is -0.127. The van der Waals surface area contributed by atoms with Crippen molar-refractivity contribution < 1.29 is 4.79 Å². The van der Waals surface area contributed by atoms with Crippen LogP contribution in [0.5, 0.6) is 0 Å². The van der Waals surface area contributed by atoms with Crippen LogP contribution in [0.15, 0.2) is 0 Å². The SMILES string of the molecule is CCCN1CCC(NC(=O)C(C)(C)C(N)=S)CC1. The Kier molecular flexibility index (Phi) is 5.53. The number of hydrogen-bond donors (Lipinski definition) is 2. The number of likely N-dealkylation sites (tertiary alicyclic amines) is 1. The van der Waals surface area contributed by atoms with E-state index in [4.69, 9.17) is 18.0 Å². The van der Waals surface area contributed by atoms with Crippen LogP contribution in [0, 0.1) is 5.41 Å². The van der Waals surface area contributed by atoms with Gasteiger partial charge in [-0.25, -0.2) is 0 Å². The molecule has 0 radical (unpaired) electrons. The zero-order chi connectivity index (χ0) is 13.8. The number of thiocarbonyl (C=S) groups is 1. The molecule has 1 heterocycles. The van der Waals surface area contributed by atoms with E-state index in [0.717, 1.165) is 32.5 Å². The van der Waals surface area contributed by atoms with Crippen molar-refractivity contribution in [3.8, 4) is 0 Å².